The molecule has 1 heteroatoms. The van der Waals surface area contributed by atoms with Gasteiger partial charge in [0.15, 0.2) is 0 Å². The first-order valence-corrected chi connectivity index (χ1v) is 8.57. The van der Waals surface area contributed by atoms with Gasteiger partial charge in [-0.15, -0.1) is 0 Å². The average Bonchev–Trinajstić information content (AvgIpc) is 2.53. The standard InChI is InChI=1S/C20H32O/c1-4-5-6-7-8-9-11-14-17(2)18(3)20(21)19-15-12-10-13-16-19/h10,12-13,15-16,18,20-21H,2,4-9,11,14H2,1,3H3/t18-,20-/m0/s1. The minimum Gasteiger partial charge on any atom is -0.388 e. The Morgan fingerprint density at radius 1 is 1.00 bits per heavy atom. The summed E-state index contributed by atoms with van der Waals surface area (Å²) < 4.78 is 0. The second-order valence-electron chi connectivity index (χ2n) is 6.17. The van der Waals surface area contributed by atoms with Gasteiger partial charge in [0.25, 0.3) is 0 Å². The van der Waals surface area contributed by atoms with Gasteiger partial charge in [-0.05, 0) is 18.4 Å². The van der Waals surface area contributed by atoms with Crippen LogP contribution in [0.3, 0.4) is 0 Å². The maximum Gasteiger partial charge on any atom is 0.0852 e. The zero-order chi connectivity index (χ0) is 15.5. The molecule has 1 aromatic rings. The van der Waals surface area contributed by atoms with E-state index < -0.39 is 6.10 Å². The summed E-state index contributed by atoms with van der Waals surface area (Å²) in [4.78, 5) is 0. The van der Waals surface area contributed by atoms with Crippen LogP contribution >= 0.6 is 0 Å². The van der Waals surface area contributed by atoms with Crippen molar-refractivity contribution in [3.63, 3.8) is 0 Å². The van der Waals surface area contributed by atoms with Crippen LogP contribution < -0.4 is 0 Å². The average molecular weight is 288 g/mol. The smallest absolute Gasteiger partial charge is 0.0852 e. The number of hydrogen-bond donors (Lipinski definition) is 1. The highest BCUT2D eigenvalue weighted by molar-refractivity contribution is 5.20. The molecule has 0 bridgehead atoms. The van der Waals surface area contributed by atoms with E-state index in [0.29, 0.717) is 0 Å². The molecule has 0 aromatic heterocycles. The van der Waals surface area contributed by atoms with Crippen molar-refractivity contribution < 1.29 is 5.11 Å². The molecular weight excluding hydrogens is 256 g/mol. The molecule has 0 fully saturated rings. The van der Waals surface area contributed by atoms with Crippen molar-refractivity contribution in [2.75, 3.05) is 0 Å². The van der Waals surface area contributed by atoms with Crippen molar-refractivity contribution in [3.8, 4) is 0 Å². The predicted molar refractivity (Wildman–Crippen MR) is 92.3 cm³/mol. The second-order valence-corrected chi connectivity index (χ2v) is 6.17. The molecule has 0 saturated heterocycles. The summed E-state index contributed by atoms with van der Waals surface area (Å²) in [7, 11) is 0. The lowest BCUT2D eigenvalue weighted by Crippen LogP contribution is -2.11. The molecule has 0 aliphatic carbocycles. The third-order valence-corrected chi connectivity index (χ3v) is 4.36. The number of rotatable bonds is 11. The summed E-state index contributed by atoms with van der Waals surface area (Å²) >= 11 is 0. The van der Waals surface area contributed by atoms with Crippen molar-refractivity contribution in [3.05, 3.63) is 48.0 Å². The van der Waals surface area contributed by atoms with Gasteiger partial charge in [0.2, 0.25) is 0 Å². The Labute approximate surface area is 131 Å². The molecular formula is C20H32O. The van der Waals surface area contributed by atoms with Crippen LogP contribution in [-0.2, 0) is 0 Å². The lowest BCUT2D eigenvalue weighted by molar-refractivity contribution is 0.133. The number of hydrogen-bond acceptors (Lipinski definition) is 1. The molecule has 1 N–H and O–H groups in total. The lowest BCUT2D eigenvalue weighted by atomic mass is 9.88. The van der Waals surface area contributed by atoms with Gasteiger partial charge in [0.1, 0.15) is 0 Å². The topological polar surface area (TPSA) is 20.2 Å². The molecule has 0 aliphatic heterocycles. The largest absolute Gasteiger partial charge is 0.388 e. The highest BCUT2D eigenvalue weighted by Crippen LogP contribution is 2.29. The molecule has 1 aromatic carbocycles. The summed E-state index contributed by atoms with van der Waals surface area (Å²) in [6, 6.07) is 9.91. The molecule has 118 valence electrons. The zero-order valence-electron chi connectivity index (χ0n) is 13.9. The van der Waals surface area contributed by atoms with Crippen LogP contribution in [0.1, 0.15) is 76.9 Å². The molecule has 0 aliphatic rings. The number of aliphatic hydroxyl groups is 1. The summed E-state index contributed by atoms with van der Waals surface area (Å²) in [5.41, 5.74) is 2.17. The minimum absolute atomic E-state index is 0.132. The van der Waals surface area contributed by atoms with Gasteiger partial charge in [-0.2, -0.15) is 0 Å². The molecule has 2 atom stereocenters. The quantitative estimate of drug-likeness (QED) is 0.388. The normalized spacial score (nSPS) is 13.9. The molecule has 0 amide bonds. The Morgan fingerprint density at radius 3 is 2.19 bits per heavy atom. The van der Waals surface area contributed by atoms with E-state index in [2.05, 4.69) is 20.4 Å². The van der Waals surface area contributed by atoms with E-state index >= 15 is 0 Å². The lowest BCUT2D eigenvalue weighted by Gasteiger charge is -2.21. The Balaban J connectivity index is 2.22. The summed E-state index contributed by atoms with van der Waals surface area (Å²) in [5, 5.41) is 10.4. The van der Waals surface area contributed by atoms with Crippen molar-refractivity contribution in [1.29, 1.82) is 0 Å². The summed E-state index contributed by atoms with van der Waals surface area (Å²) in [5.74, 6) is 0.132. The third kappa shape index (κ3) is 6.95. The number of benzene rings is 1. The Hall–Kier alpha value is -1.08. The first kappa shape index (κ1) is 18.0. The van der Waals surface area contributed by atoms with Gasteiger partial charge >= 0.3 is 0 Å². The fourth-order valence-corrected chi connectivity index (χ4v) is 2.70. The van der Waals surface area contributed by atoms with Gasteiger partial charge in [0, 0.05) is 5.92 Å². The molecule has 0 spiro atoms. The Bertz CT molecular complexity index is 382. The maximum absolute atomic E-state index is 10.4. The summed E-state index contributed by atoms with van der Waals surface area (Å²) in [6.45, 7) is 8.53. The van der Waals surface area contributed by atoms with Gasteiger partial charge in [0.05, 0.1) is 6.10 Å². The van der Waals surface area contributed by atoms with Crippen LogP contribution in [-0.4, -0.2) is 5.11 Å². The maximum atomic E-state index is 10.4. The molecule has 0 radical (unpaired) electrons. The van der Waals surface area contributed by atoms with E-state index in [-0.39, 0.29) is 5.92 Å². The van der Waals surface area contributed by atoms with Gasteiger partial charge in [-0.25, -0.2) is 0 Å². The van der Waals surface area contributed by atoms with E-state index in [1.807, 2.05) is 30.3 Å². The fraction of sp³-hybridized carbons (Fsp3) is 0.600. The minimum atomic E-state index is -0.428. The highest BCUT2D eigenvalue weighted by atomic mass is 16.3. The monoisotopic (exact) mass is 288 g/mol. The van der Waals surface area contributed by atoms with E-state index in [9.17, 15) is 5.11 Å². The van der Waals surface area contributed by atoms with E-state index in [0.717, 1.165) is 12.0 Å². The van der Waals surface area contributed by atoms with Crippen LogP contribution in [0.4, 0.5) is 0 Å². The van der Waals surface area contributed by atoms with Crippen LogP contribution in [0.25, 0.3) is 0 Å². The third-order valence-electron chi connectivity index (χ3n) is 4.36. The highest BCUT2D eigenvalue weighted by Gasteiger charge is 2.18. The molecule has 0 saturated carbocycles. The van der Waals surface area contributed by atoms with E-state index in [4.69, 9.17) is 0 Å². The first-order chi connectivity index (χ1) is 10.2. The molecule has 0 unspecified atom stereocenters. The van der Waals surface area contributed by atoms with Gasteiger partial charge in [-0.3, -0.25) is 0 Å². The molecule has 21 heavy (non-hydrogen) atoms. The number of unbranched alkanes of at least 4 members (excludes halogenated alkanes) is 6. The van der Waals surface area contributed by atoms with E-state index in [1.165, 1.54) is 50.5 Å². The second kappa shape index (κ2) is 10.6. The van der Waals surface area contributed by atoms with Gasteiger partial charge < -0.3 is 5.11 Å². The van der Waals surface area contributed by atoms with Crippen LogP contribution in [0.2, 0.25) is 0 Å². The van der Waals surface area contributed by atoms with Crippen molar-refractivity contribution in [2.45, 2.75) is 71.3 Å². The molecule has 0 heterocycles. The fourth-order valence-electron chi connectivity index (χ4n) is 2.70. The molecule has 1 nitrogen and oxygen atoms in total. The first-order valence-electron chi connectivity index (χ1n) is 8.57. The number of aliphatic hydroxyl groups excluding tert-OH is 1. The zero-order valence-corrected chi connectivity index (χ0v) is 13.9. The van der Waals surface area contributed by atoms with Crippen molar-refractivity contribution >= 4 is 0 Å². The Morgan fingerprint density at radius 2 is 1.57 bits per heavy atom. The van der Waals surface area contributed by atoms with Crippen LogP contribution in [0.15, 0.2) is 42.5 Å². The van der Waals surface area contributed by atoms with Gasteiger partial charge in [-0.1, -0.05) is 94.9 Å². The van der Waals surface area contributed by atoms with Crippen molar-refractivity contribution in [2.24, 2.45) is 5.92 Å². The molecule has 1 rings (SSSR count). The Kier molecular flexibility index (Phi) is 9.09. The van der Waals surface area contributed by atoms with Crippen LogP contribution in [0.5, 0.6) is 0 Å². The van der Waals surface area contributed by atoms with Crippen molar-refractivity contribution in [1.82, 2.24) is 0 Å². The van der Waals surface area contributed by atoms with E-state index in [1.54, 1.807) is 0 Å². The van der Waals surface area contributed by atoms with Crippen LogP contribution in [0, 0.1) is 5.92 Å². The predicted octanol–water partition coefficient (Wildman–Crippen LogP) is 6.05. The summed E-state index contributed by atoms with van der Waals surface area (Å²) in [6.07, 6.45) is 9.86. The SMILES string of the molecule is C=C(CCCCCCCCC)[C@H](C)[C@H](O)c1ccccc1.